The molecule has 0 saturated heterocycles. The van der Waals surface area contributed by atoms with Crippen molar-refractivity contribution in [1.82, 2.24) is 0 Å². The van der Waals surface area contributed by atoms with Crippen molar-refractivity contribution >= 4 is 42.2 Å². The fraction of sp³-hybridized carbons (Fsp3) is 0.214. The maximum absolute atomic E-state index is 14.0. The number of fused-ring (bicyclic) bond motifs is 3. The standard InChI is InChI=1S/C28H26N2O4S2/c1-19-17-21-9-3-5-13-25(21)29(19)35(31,32)27-15-7-12-24-23(27)11-8-16-28(24)36(33,34)30-20(2)18-22-10-4-6-14-26(22)30/h3-16,19-20H,17-18H2,1-2H3/t19-,20-/m1/s1. The van der Waals surface area contributed by atoms with Crippen LogP contribution in [0.4, 0.5) is 11.4 Å². The van der Waals surface area contributed by atoms with Crippen LogP contribution < -0.4 is 8.61 Å². The predicted octanol–water partition coefficient (Wildman–Crippen LogP) is 5.12. The molecule has 184 valence electrons. The van der Waals surface area contributed by atoms with E-state index in [0.717, 1.165) is 11.1 Å². The summed E-state index contributed by atoms with van der Waals surface area (Å²) < 4.78 is 59.0. The molecule has 0 aliphatic carbocycles. The fourth-order valence-electron chi connectivity index (χ4n) is 5.72. The Morgan fingerprint density at radius 3 is 1.36 bits per heavy atom. The molecule has 0 saturated carbocycles. The van der Waals surface area contributed by atoms with Gasteiger partial charge in [0.05, 0.1) is 21.2 Å². The van der Waals surface area contributed by atoms with Gasteiger partial charge in [0.15, 0.2) is 0 Å². The number of rotatable bonds is 4. The van der Waals surface area contributed by atoms with E-state index in [1.165, 1.54) is 8.61 Å². The second-order valence-electron chi connectivity index (χ2n) is 9.57. The van der Waals surface area contributed by atoms with E-state index in [4.69, 9.17) is 0 Å². The molecule has 6 nitrogen and oxygen atoms in total. The molecule has 8 heteroatoms. The third-order valence-corrected chi connectivity index (χ3v) is 11.2. The average molecular weight is 519 g/mol. The van der Waals surface area contributed by atoms with E-state index < -0.39 is 20.0 Å². The average Bonchev–Trinajstić information content (AvgIpc) is 3.38. The first kappa shape index (κ1) is 23.1. The van der Waals surface area contributed by atoms with Crippen LogP contribution in [0.5, 0.6) is 0 Å². The zero-order valence-corrected chi connectivity index (χ0v) is 21.6. The molecule has 0 unspecified atom stereocenters. The van der Waals surface area contributed by atoms with Crippen LogP contribution in [0, 0.1) is 0 Å². The molecule has 0 N–H and O–H groups in total. The molecule has 2 aliphatic rings. The summed E-state index contributed by atoms with van der Waals surface area (Å²) in [7, 11) is -7.89. The van der Waals surface area contributed by atoms with E-state index in [1.54, 1.807) is 36.4 Å². The highest BCUT2D eigenvalue weighted by Gasteiger charge is 2.39. The highest BCUT2D eigenvalue weighted by molar-refractivity contribution is 7.93. The van der Waals surface area contributed by atoms with Crippen molar-refractivity contribution in [2.45, 2.75) is 48.6 Å². The Morgan fingerprint density at radius 2 is 0.944 bits per heavy atom. The van der Waals surface area contributed by atoms with Crippen molar-refractivity contribution in [2.75, 3.05) is 8.61 Å². The van der Waals surface area contributed by atoms with Gasteiger partial charge in [0, 0.05) is 22.9 Å². The Morgan fingerprint density at radius 1 is 0.556 bits per heavy atom. The van der Waals surface area contributed by atoms with E-state index in [2.05, 4.69) is 0 Å². The lowest BCUT2D eigenvalue weighted by Crippen LogP contribution is -2.36. The lowest BCUT2D eigenvalue weighted by atomic mass is 10.1. The van der Waals surface area contributed by atoms with Crippen LogP contribution >= 0.6 is 0 Å². The second-order valence-corrected chi connectivity index (χ2v) is 13.1. The summed E-state index contributed by atoms with van der Waals surface area (Å²) in [4.78, 5) is 0.214. The summed E-state index contributed by atoms with van der Waals surface area (Å²) in [5, 5.41) is 0.797. The molecule has 2 atom stereocenters. The van der Waals surface area contributed by atoms with Crippen LogP contribution in [0.15, 0.2) is 94.7 Å². The quantitative estimate of drug-likeness (QED) is 0.376. The predicted molar refractivity (Wildman–Crippen MR) is 142 cm³/mol. The molecule has 6 rings (SSSR count). The number of sulfonamides is 2. The third-order valence-electron chi connectivity index (χ3n) is 7.21. The van der Waals surface area contributed by atoms with Crippen molar-refractivity contribution in [1.29, 1.82) is 0 Å². The molecule has 36 heavy (non-hydrogen) atoms. The summed E-state index contributed by atoms with van der Waals surface area (Å²) in [5.74, 6) is 0. The van der Waals surface area contributed by atoms with Crippen LogP contribution in [0.3, 0.4) is 0 Å². The summed E-state index contributed by atoms with van der Waals surface area (Å²) in [6.07, 6.45) is 1.26. The van der Waals surface area contributed by atoms with Gasteiger partial charge in [-0.1, -0.05) is 60.7 Å². The van der Waals surface area contributed by atoms with Crippen LogP contribution in [-0.2, 0) is 32.9 Å². The van der Waals surface area contributed by atoms with E-state index in [0.29, 0.717) is 35.0 Å². The Bertz CT molecular complexity index is 1600. The number of hydrogen-bond donors (Lipinski definition) is 0. The zero-order chi connectivity index (χ0) is 25.2. The summed E-state index contributed by atoms with van der Waals surface area (Å²) in [6.45, 7) is 3.79. The lowest BCUT2D eigenvalue weighted by molar-refractivity contribution is 0.582. The smallest absolute Gasteiger partial charge is 0.263 e. The minimum absolute atomic E-state index is 0.107. The lowest BCUT2D eigenvalue weighted by Gasteiger charge is -2.27. The molecule has 0 amide bonds. The van der Waals surface area contributed by atoms with Gasteiger partial charge < -0.3 is 0 Å². The minimum atomic E-state index is -3.94. The first-order valence-corrected chi connectivity index (χ1v) is 14.9. The molecule has 0 bridgehead atoms. The normalized spacial score (nSPS) is 19.5. The van der Waals surface area contributed by atoms with Gasteiger partial charge in [0.2, 0.25) is 0 Å². The monoisotopic (exact) mass is 518 g/mol. The zero-order valence-electron chi connectivity index (χ0n) is 20.0. The van der Waals surface area contributed by atoms with Gasteiger partial charge in [-0.2, -0.15) is 0 Å². The molecule has 0 spiro atoms. The van der Waals surface area contributed by atoms with Crippen molar-refractivity contribution in [3.63, 3.8) is 0 Å². The molecule has 0 radical (unpaired) electrons. The molecule has 4 aromatic rings. The van der Waals surface area contributed by atoms with E-state index in [9.17, 15) is 16.8 Å². The molecule has 0 aromatic heterocycles. The topological polar surface area (TPSA) is 74.8 Å². The maximum atomic E-state index is 14.0. The first-order valence-electron chi connectivity index (χ1n) is 12.0. The van der Waals surface area contributed by atoms with Crippen LogP contribution in [-0.4, -0.2) is 28.9 Å². The van der Waals surface area contributed by atoms with Gasteiger partial charge in [0.25, 0.3) is 20.0 Å². The number of para-hydroxylation sites is 2. The SMILES string of the molecule is C[C@@H]1Cc2ccccc2N1S(=O)(=O)c1cccc2c(S(=O)(=O)N3c4ccccc4C[C@H]3C)cccc12. The highest BCUT2D eigenvalue weighted by Crippen LogP contribution is 2.41. The summed E-state index contributed by atoms with van der Waals surface area (Å²) in [6, 6.07) is 24.3. The van der Waals surface area contributed by atoms with Gasteiger partial charge in [-0.15, -0.1) is 0 Å². The van der Waals surface area contributed by atoms with Gasteiger partial charge in [-0.05, 0) is 62.1 Å². The molecular weight excluding hydrogens is 492 g/mol. The Balaban J connectivity index is 1.52. The largest absolute Gasteiger partial charge is 0.265 e. The molecular formula is C28H26N2O4S2. The number of benzene rings is 4. The second kappa shape index (κ2) is 8.08. The van der Waals surface area contributed by atoms with Gasteiger partial charge in [0.1, 0.15) is 0 Å². The molecule has 0 fully saturated rings. The van der Waals surface area contributed by atoms with Crippen molar-refractivity contribution in [2.24, 2.45) is 0 Å². The van der Waals surface area contributed by atoms with E-state index in [1.807, 2.05) is 62.4 Å². The fourth-order valence-corrected chi connectivity index (χ4v) is 9.53. The number of nitrogens with zero attached hydrogens (tertiary/aromatic N) is 2. The maximum Gasteiger partial charge on any atom is 0.265 e. The van der Waals surface area contributed by atoms with E-state index >= 15 is 0 Å². The first-order chi connectivity index (χ1) is 17.2. The minimum Gasteiger partial charge on any atom is -0.263 e. The van der Waals surface area contributed by atoms with Crippen LogP contribution in [0.25, 0.3) is 10.8 Å². The number of hydrogen-bond acceptors (Lipinski definition) is 4. The molecule has 2 aliphatic heterocycles. The Labute approximate surface area is 211 Å². The van der Waals surface area contributed by atoms with Gasteiger partial charge >= 0.3 is 0 Å². The van der Waals surface area contributed by atoms with Crippen molar-refractivity contribution in [3.8, 4) is 0 Å². The number of anilines is 2. The summed E-state index contributed by atoms with van der Waals surface area (Å²) >= 11 is 0. The van der Waals surface area contributed by atoms with Crippen LogP contribution in [0.2, 0.25) is 0 Å². The van der Waals surface area contributed by atoms with Crippen molar-refractivity contribution < 1.29 is 16.8 Å². The van der Waals surface area contributed by atoms with Crippen LogP contribution in [0.1, 0.15) is 25.0 Å². The van der Waals surface area contributed by atoms with E-state index in [-0.39, 0.29) is 21.9 Å². The van der Waals surface area contributed by atoms with Gasteiger partial charge in [-0.3, -0.25) is 8.61 Å². The molecule has 4 aromatic carbocycles. The Hall–Kier alpha value is -3.36. The highest BCUT2D eigenvalue weighted by atomic mass is 32.2. The van der Waals surface area contributed by atoms with Gasteiger partial charge in [-0.25, -0.2) is 16.8 Å². The Kier molecular flexibility index (Phi) is 5.18. The third kappa shape index (κ3) is 3.28. The molecule has 2 heterocycles. The van der Waals surface area contributed by atoms with Crippen molar-refractivity contribution in [3.05, 3.63) is 96.1 Å². The summed E-state index contributed by atoms with van der Waals surface area (Å²) in [5.41, 5.74) is 3.32.